The molecule has 0 aromatic heterocycles. The Morgan fingerprint density at radius 3 is 2.11 bits per heavy atom. The highest BCUT2D eigenvalue weighted by atomic mass is 79.9. The Bertz CT molecular complexity index is 974. The fourth-order valence-electron chi connectivity index (χ4n) is 3.27. The molecule has 0 aliphatic carbocycles. The number of anilines is 1. The monoisotopic (exact) mass is 438 g/mol. The fraction of sp³-hybridized carbons (Fsp3) is 0.0909. The lowest BCUT2D eigenvalue weighted by atomic mass is 9.96. The molecule has 3 aromatic carbocycles. The first kappa shape index (κ1) is 18.0. The fourth-order valence-corrected chi connectivity index (χ4v) is 4.18. The third-order valence-electron chi connectivity index (χ3n) is 4.55. The van der Waals surface area contributed by atoms with Crippen molar-refractivity contribution in [1.29, 1.82) is 0 Å². The average Bonchev–Trinajstić information content (AvgIpc) is 3.06. The van der Waals surface area contributed by atoms with Gasteiger partial charge in [-0.3, -0.25) is 4.90 Å². The molecule has 27 heavy (non-hydrogen) atoms. The Balaban J connectivity index is 1.81. The summed E-state index contributed by atoms with van der Waals surface area (Å²) < 4.78 is 0. The van der Waals surface area contributed by atoms with Crippen LogP contribution in [0.1, 0.15) is 16.0 Å². The molecule has 1 aliphatic rings. The van der Waals surface area contributed by atoms with Crippen molar-refractivity contribution in [3.63, 3.8) is 0 Å². The third-order valence-corrected chi connectivity index (χ3v) is 5.83. The van der Waals surface area contributed by atoms with Crippen LogP contribution >= 0.6 is 27.5 Å². The van der Waals surface area contributed by atoms with Crippen molar-refractivity contribution >= 4 is 45.0 Å². The van der Waals surface area contributed by atoms with Gasteiger partial charge in [0.05, 0.1) is 16.6 Å². The van der Waals surface area contributed by atoms with Gasteiger partial charge in [0.15, 0.2) is 0 Å². The SMILES string of the molecule is O=C1N=C(c2ccccc2)C(C(Br)c2ccc(Cl)cc2)N1c1ccccc1. The van der Waals surface area contributed by atoms with Crippen molar-refractivity contribution in [2.24, 2.45) is 4.99 Å². The predicted molar refractivity (Wildman–Crippen MR) is 114 cm³/mol. The van der Waals surface area contributed by atoms with Gasteiger partial charge in [0, 0.05) is 10.7 Å². The summed E-state index contributed by atoms with van der Waals surface area (Å²) in [5.41, 5.74) is 3.54. The molecule has 1 aliphatic heterocycles. The number of nitrogens with zero attached hydrogens (tertiary/aromatic N) is 2. The number of amides is 2. The quantitative estimate of drug-likeness (QED) is 0.441. The molecule has 0 spiro atoms. The Morgan fingerprint density at radius 1 is 0.889 bits per heavy atom. The highest BCUT2D eigenvalue weighted by molar-refractivity contribution is 9.09. The lowest BCUT2D eigenvalue weighted by Crippen LogP contribution is -2.40. The summed E-state index contributed by atoms with van der Waals surface area (Å²) in [4.78, 5) is 18.9. The van der Waals surface area contributed by atoms with E-state index >= 15 is 0 Å². The van der Waals surface area contributed by atoms with Crippen LogP contribution in [0.25, 0.3) is 0 Å². The molecule has 4 rings (SSSR count). The minimum absolute atomic E-state index is 0.139. The first-order chi connectivity index (χ1) is 13.1. The molecule has 2 unspecified atom stereocenters. The van der Waals surface area contributed by atoms with Crippen molar-refractivity contribution < 1.29 is 4.79 Å². The molecule has 5 heteroatoms. The van der Waals surface area contributed by atoms with Crippen LogP contribution in [0.4, 0.5) is 10.5 Å². The maximum Gasteiger partial charge on any atom is 0.349 e. The maximum absolute atomic E-state index is 12.9. The van der Waals surface area contributed by atoms with Crippen LogP contribution in [0.15, 0.2) is 89.9 Å². The lowest BCUT2D eigenvalue weighted by Gasteiger charge is -2.29. The number of urea groups is 1. The first-order valence-electron chi connectivity index (χ1n) is 8.57. The molecule has 134 valence electrons. The highest BCUT2D eigenvalue weighted by Gasteiger charge is 2.41. The normalized spacial score (nSPS) is 17.7. The molecule has 2 atom stereocenters. The smallest absolute Gasteiger partial charge is 0.282 e. The number of benzene rings is 3. The van der Waals surface area contributed by atoms with Gasteiger partial charge in [-0.1, -0.05) is 88.2 Å². The van der Waals surface area contributed by atoms with Gasteiger partial charge in [0.25, 0.3) is 0 Å². The van der Waals surface area contributed by atoms with Gasteiger partial charge in [-0.15, -0.1) is 0 Å². The number of alkyl halides is 1. The Hall–Kier alpha value is -2.43. The third kappa shape index (κ3) is 3.55. The second-order valence-electron chi connectivity index (χ2n) is 6.25. The van der Waals surface area contributed by atoms with Crippen LogP contribution in [0.2, 0.25) is 5.02 Å². The molecular formula is C22H16BrClN2O. The summed E-state index contributed by atoms with van der Waals surface area (Å²) in [6, 6.07) is 26.6. The number of hydrogen-bond donors (Lipinski definition) is 0. The van der Waals surface area contributed by atoms with Gasteiger partial charge in [-0.25, -0.2) is 4.79 Å². The zero-order valence-corrected chi connectivity index (χ0v) is 16.6. The van der Waals surface area contributed by atoms with Crippen LogP contribution < -0.4 is 4.90 Å². The van der Waals surface area contributed by atoms with E-state index in [0.29, 0.717) is 5.02 Å². The molecule has 2 amide bonds. The lowest BCUT2D eigenvalue weighted by molar-refractivity contribution is 0.255. The largest absolute Gasteiger partial charge is 0.349 e. The zero-order valence-electron chi connectivity index (χ0n) is 14.3. The van der Waals surface area contributed by atoms with Crippen molar-refractivity contribution in [1.82, 2.24) is 0 Å². The summed E-state index contributed by atoms with van der Waals surface area (Å²) in [6.45, 7) is 0. The summed E-state index contributed by atoms with van der Waals surface area (Å²) in [7, 11) is 0. The second kappa shape index (κ2) is 7.67. The van der Waals surface area contributed by atoms with Crippen molar-refractivity contribution in [3.05, 3.63) is 101 Å². The van der Waals surface area contributed by atoms with E-state index in [1.54, 1.807) is 4.90 Å². The Morgan fingerprint density at radius 2 is 1.48 bits per heavy atom. The van der Waals surface area contributed by atoms with E-state index in [0.717, 1.165) is 22.5 Å². The predicted octanol–water partition coefficient (Wildman–Crippen LogP) is 6.27. The maximum atomic E-state index is 12.9. The van der Waals surface area contributed by atoms with Gasteiger partial charge >= 0.3 is 6.03 Å². The van der Waals surface area contributed by atoms with Gasteiger partial charge in [-0.2, -0.15) is 4.99 Å². The van der Waals surface area contributed by atoms with Crippen LogP contribution in [-0.2, 0) is 0 Å². The van der Waals surface area contributed by atoms with E-state index in [4.69, 9.17) is 11.6 Å². The van der Waals surface area contributed by atoms with Crippen LogP contribution in [0.5, 0.6) is 0 Å². The number of halogens is 2. The van der Waals surface area contributed by atoms with Gasteiger partial charge < -0.3 is 0 Å². The molecule has 3 aromatic rings. The number of rotatable bonds is 4. The second-order valence-corrected chi connectivity index (χ2v) is 7.67. The summed E-state index contributed by atoms with van der Waals surface area (Å²) in [5.74, 6) is 0. The van der Waals surface area contributed by atoms with E-state index in [9.17, 15) is 4.79 Å². The van der Waals surface area contributed by atoms with Crippen LogP contribution in [0, 0.1) is 0 Å². The molecular weight excluding hydrogens is 424 g/mol. The molecule has 0 saturated heterocycles. The average molecular weight is 440 g/mol. The van der Waals surface area contributed by atoms with Crippen LogP contribution in [0.3, 0.4) is 0 Å². The van der Waals surface area contributed by atoms with Gasteiger partial charge in [0.1, 0.15) is 0 Å². The van der Waals surface area contributed by atoms with Crippen molar-refractivity contribution in [2.45, 2.75) is 10.9 Å². The molecule has 1 heterocycles. The topological polar surface area (TPSA) is 32.7 Å². The zero-order chi connectivity index (χ0) is 18.8. The first-order valence-corrected chi connectivity index (χ1v) is 9.86. The summed E-state index contributed by atoms with van der Waals surface area (Å²) in [5, 5.41) is 0.679. The van der Waals surface area contributed by atoms with Gasteiger partial charge in [-0.05, 0) is 35.4 Å². The summed E-state index contributed by atoms with van der Waals surface area (Å²) >= 11 is 9.87. The number of para-hydroxylation sites is 1. The number of carbonyl (C=O) groups excluding carboxylic acids is 1. The van der Waals surface area contributed by atoms with Gasteiger partial charge in [0.2, 0.25) is 0 Å². The minimum atomic E-state index is -0.275. The number of hydrogen-bond acceptors (Lipinski definition) is 1. The molecule has 0 radical (unpaired) electrons. The van der Waals surface area contributed by atoms with Crippen molar-refractivity contribution in [3.8, 4) is 0 Å². The minimum Gasteiger partial charge on any atom is -0.282 e. The van der Waals surface area contributed by atoms with E-state index in [-0.39, 0.29) is 16.9 Å². The van der Waals surface area contributed by atoms with E-state index in [1.165, 1.54) is 0 Å². The van der Waals surface area contributed by atoms with Crippen LogP contribution in [-0.4, -0.2) is 17.8 Å². The molecule has 0 fully saturated rings. The molecule has 0 bridgehead atoms. The summed E-state index contributed by atoms with van der Waals surface area (Å²) in [6.07, 6.45) is 0. The standard InChI is InChI=1S/C22H16BrClN2O/c23-19(15-11-13-17(24)14-12-15)21-20(16-7-3-1-4-8-16)25-22(27)26(21)18-9-5-2-6-10-18/h1-14,19,21H. The molecule has 0 saturated carbocycles. The number of aliphatic imine (C=N–C) groups is 1. The Labute approximate surface area is 171 Å². The Kier molecular flexibility index (Phi) is 5.10. The molecule has 3 nitrogen and oxygen atoms in total. The highest BCUT2D eigenvalue weighted by Crippen LogP contribution is 2.38. The van der Waals surface area contributed by atoms with E-state index in [1.807, 2.05) is 84.9 Å². The van der Waals surface area contributed by atoms with Crippen molar-refractivity contribution in [2.75, 3.05) is 4.90 Å². The number of carbonyl (C=O) groups is 1. The molecule has 0 N–H and O–H groups in total. The van der Waals surface area contributed by atoms with E-state index < -0.39 is 0 Å². The van der Waals surface area contributed by atoms with E-state index in [2.05, 4.69) is 20.9 Å².